The first-order valence-electron chi connectivity index (χ1n) is 4.88. The SMILES string of the molecule is CCc1ccc(OC)c(NC(=O)CN)c1. The highest BCUT2D eigenvalue weighted by Crippen LogP contribution is 2.25. The van der Waals surface area contributed by atoms with E-state index < -0.39 is 0 Å². The van der Waals surface area contributed by atoms with Gasteiger partial charge in [0.25, 0.3) is 0 Å². The van der Waals surface area contributed by atoms with Gasteiger partial charge in [-0.1, -0.05) is 13.0 Å². The molecule has 1 aromatic rings. The standard InChI is InChI=1S/C11H16N2O2/c1-3-8-4-5-10(15-2)9(6-8)13-11(14)7-12/h4-6H,3,7,12H2,1-2H3,(H,13,14). The third-order valence-electron chi connectivity index (χ3n) is 2.13. The quantitative estimate of drug-likeness (QED) is 0.780. The van der Waals surface area contributed by atoms with Gasteiger partial charge in [-0.25, -0.2) is 0 Å². The third-order valence-corrected chi connectivity index (χ3v) is 2.13. The molecule has 0 saturated heterocycles. The molecule has 0 fully saturated rings. The van der Waals surface area contributed by atoms with Crippen molar-refractivity contribution in [2.75, 3.05) is 19.0 Å². The molecular formula is C11H16N2O2. The number of nitrogens with two attached hydrogens (primary N) is 1. The van der Waals surface area contributed by atoms with Crippen LogP contribution in [0, 0.1) is 0 Å². The minimum absolute atomic E-state index is 0.0283. The van der Waals surface area contributed by atoms with Crippen LogP contribution in [0.4, 0.5) is 5.69 Å². The average molecular weight is 208 g/mol. The fourth-order valence-corrected chi connectivity index (χ4v) is 1.27. The van der Waals surface area contributed by atoms with Crippen molar-refractivity contribution in [2.24, 2.45) is 5.73 Å². The number of benzene rings is 1. The average Bonchev–Trinajstić information content (AvgIpc) is 2.28. The van der Waals surface area contributed by atoms with Crippen molar-refractivity contribution in [1.82, 2.24) is 0 Å². The summed E-state index contributed by atoms with van der Waals surface area (Å²) < 4.78 is 5.13. The fourth-order valence-electron chi connectivity index (χ4n) is 1.27. The smallest absolute Gasteiger partial charge is 0.238 e. The Morgan fingerprint density at radius 2 is 2.27 bits per heavy atom. The van der Waals surface area contributed by atoms with Gasteiger partial charge in [-0.15, -0.1) is 0 Å². The Morgan fingerprint density at radius 1 is 1.53 bits per heavy atom. The van der Waals surface area contributed by atoms with E-state index in [1.807, 2.05) is 18.2 Å². The highest BCUT2D eigenvalue weighted by atomic mass is 16.5. The highest BCUT2D eigenvalue weighted by Gasteiger charge is 2.06. The summed E-state index contributed by atoms with van der Waals surface area (Å²) in [5, 5.41) is 2.70. The Hall–Kier alpha value is -1.55. The normalized spacial score (nSPS) is 9.80. The minimum Gasteiger partial charge on any atom is -0.495 e. The third kappa shape index (κ3) is 2.95. The molecule has 1 rings (SSSR count). The van der Waals surface area contributed by atoms with E-state index in [0.29, 0.717) is 11.4 Å². The number of nitrogens with one attached hydrogen (secondary N) is 1. The van der Waals surface area contributed by atoms with E-state index >= 15 is 0 Å². The van der Waals surface area contributed by atoms with E-state index in [2.05, 4.69) is 12.2 Å². The van der Waals surface area contributed by atoms with Crippen LogP contribution in [-0.2, 0) is 11.2 Å². The molecule has 0 unspecified atom stereocenters. The van der Waals surface area contributed by atoms with Gasteiger partial charge < -0.3 is 15.8 Å². The molecular weight excluding hydrogens is 192 g/mol. The molecule has 4 nitrogen and oxygen atoms in total. The lowest BCUT2D eigenvalue weighted by molar-refractivity contribution is -0.114. The summed E-state index contributed by atoms with van der Waals surface area (Å²) in [6, 6.07) is 5.70. The Morgan fingerprint density at radius 3 is 2.80 bits per heavy atom. The van der Waals surface area contributed by atoms with Crippen molar-refractivity contribution >= 4 is 11.6 Å². The van der Waals surface area contributed by atoms with E-state index in [-0.39, 0.29) is 12.5 Å². The first kappa shape index (κ1) is 11.5. The molecule has 0 atom stereocenters. The second-order valence-electron chi connectivity index (χ2n) is 3.14. The molecule has 1 amide bonds. The second kappa shape index (κ2) is 5.36. The van der Waals surface area contributed by atoms with Gasteiger partial charge in [-0.05, 0) is 24.1 Å². The van der Waals surface area contributed by atoms with Crippen LogP contribution in [0.2, 0.25) is 0 Å². The van der Waals surface area contributed by atoms with Gasteiger partial charge in [0, 0.05) is 0 Å². The van der Waals surface area contributed by atoms with E-state index in [0.717, 1.165) is 12.0 Å². The number of hydrogen-bond acceptors (Lipinski definition) is 3. The number of hydrogen-bond donors (Lipinski definition) is 2. The second-order valence-corrected chi connectivity index (χ2v) is 3.14. The molecule has 0 aliphatic rings. The zero-order valence-corrected chi connectivity index (χ0v) is 9.04. The van der Waals surface area contributed by atoms with Crippen LogP contribution in [0.3, 0.4) is 0 Å². The highest BCUT2D eigenvalue weighted by molar-refractivity contribution is 5.93. The van der Waals surface area contributed by atoms with Gasteiger partial charge in [-0.2, -0.15) is 0 Å². The van der Waals surface area contributed by atoms with Gasteiger partial charge in [0.15, 0.2) is 0 Å². The summed E-state index contributed by atoms with van der Waals surface area (Å²) >= 11 is 0. The number of carbonyl (C=O) groups excluding carboxylic acids is 1. The summed E-state index contributed by atoms with van der Waals surface area (Å²) in [7, 11) is 1.57. The molecule has 0 saturated carbocycles. The number of methoxy groups -OCH3 is 1. The lowest BCUT2D eigenvalue weighted by atomic mass is 10.1. The maximum atomic E-state index is 11.2. The van der Waals surface area contributed by atoms with Crippen molar-refractivity contribution < 1.29 is 9.53 Å². The van der Waals surface area contributed by atoms with Crippen LogP contribution < -0.4 is 15.8 Å². The number of carbonyl (C=O) groups is 1. The van der Waals surface area contributed by atoms with Gasteiger partial charge in [0.05, 0.1) is 19.3 Å². The van der Waals surface area contributed by atoms with Crippen molar-refractivity contribution in [2.45, 2.75) is 13.3 Å². The van der Waals surface area contributed by atoms with Gasteiger partial charge in [-0.3, -0.25) is 4.79 Å². The number of ether oxygens (including phenoxy) is 1. The maximum Gasteiger partial charge on any atom is 0.238 e. The van der Waals surface area contributed by atoms with Crippen LogP contribution in [0.1, 0.15) is 12.5 Å². The van der Waals surface area contributed by atoms with Crippen LogP contribution in [0.5, 0.6) is 5.75 Å². The van der Waals surface area contributed by atoms with Crippen LogP contribution in [-0.4, -0.2) is 19.6 Å². The molecule has 0 aliphatic carbocycles. The molecule has 1 aromatic carbocycles. The number of amides is 1. The van der Waals surface area contributed by atoms with E-state index in [1.165, 1.54) is 0 Å². The van der Waals surface area contributed by atoms with Crippen LogP contribution in [0.15, 0.2) is 18.2 Å². The zero-order chi connectivity index (χ0) is 11.3. The van der Waals surface area contributed by atoms with Crippen LogP contribution in [0.25, 0.3) is 0 Å². The molecule has 82 valence electrons. The van der Waals surface area contributed by atoms with E-state index in [9.17, 15) is 4.79 Å². The number of aryl methyl sites for hydroxylation is 1. The molecule has 15 heavy (non-hydrogen) atoms. The Bertz CT molecular complexity index is 350. The van der Waals surface area contributed by atoms with Gasteiger partial charge >= 0.3 is 0 Å². The number of rotatable bonds is 4. The number of anilines is 1. The Labute approximate surface area is 89.4 Å². The summed E-state index contributed by atoms with van der Waals surface area (Å²) in [6.07, 6.45) is 0.912. The first-order valence-corrected chi connectivity index (χ1v) is 4.88. The fraction of sp³-hybridized carbons (Fsp3) is 0.364. The summed E-state index contributed by atoms with van der Waals surface area (Å²) in [6.45, 7) is 2.02. The summed E-state index contributed by atoms with van der Waals surface area (Å²) in [5.74, 6) is 0.426. The molecule has 3 N–H and O–H groups in total. The predicted octanol–water partition coefficient (Wildman–Crippen LogP) is 1.15. The largest absolute Gasteiger partial charge is 0.495 e. The lowest BCUT2D eigenvalue weighted by Crippen LogP contribution is -2.22. The summed E-state index contributed by atoms with van der Waals surface area (Å²) in [4.78, 5) is 11.2. The van der Waals surface area contributed by atoms with Crippen molar-refractivity contribution in [1.29, 1.82) is 0 Å². The van der Waals surface area contributed by atoms with Crippen molar-refractivity contribution in [3.63, 3.8) is 0 Å². The minimum atomic E-state index is -0.221. The molecule has 0 spiro atoms. The predicted molar refractivity (Wildman–Crippen MR) is 60.1 cm³/mol. The lowest BCUT2D eigenvalue weighted by Gasteiger charge is -2.10. The van der Waals surface area contributed by atoms with Gasteiger partial charge in [0.1, 0.15) is 5.75 Å². The van der Waals surface area contributed by atoms with Gasteiger partial charge in [0.2, 0.25) is 5.91 Å². The monoisotopic (exact) mass is 208 g/mol. The summed E-state index contributed by atoms with van der Waals surface area (Å²) in [5.41, 5.74) is 7.04. The molecule has 0 bridgehead atoms. The first-order chi connectivity index (χ1) is 7.21. The zero-order valence-electron chi connectivity index (χ0n) is 9.04. The van der Waals surface area contributed by atoms with Crippen LogP contribution >= 0.6 is 0 Å². The maximum absolute atomic E-state index is 11.2. The van der Waals surface area contributed by atoms with Crippen molar-refractivity contribution in [3.05, 3.63) is 23.8 Å². The van der Waals surface area contributed by atoms with E-state index in [4.69, 9.17) is 10.5 Å². The topological polar surface area (TPSA) is 64.3 Å². The molecule has 0 radical (unpaired) electrons. The Kier molecular flexibility index (Phi) is 4.12. The molecule has 0 aliphatic heterocycles. The molecule has 0 aromatic heterocycles. The molecule has 4 heteroatoms. The van der Waals surface area contributed by atoms with E-state index in [1.54, 1.807) is 7.11 Å². The molecule has 0 heterocycles. The Balaban J connectivity index is 2.95. The van der Waals surface area contributed by atoms with Crippen molar-refractivity contribution in [3.8, 4) is 5.75 Å².